The second kappa shape index (κ2) is 23.1. The maximum atomic E-state index is 9.56. The van der Waals surface area contributed by atoms with E-state index >= 15 is 0 Å². The summed E-state index contributed by atoms with van der Waals surface area (Å²) in [7, 11) is -0.611. The molecule has 0 saturated carbocycles. The van der Waals surface area contributed by atoms with Crippen molar-refractivity contribution in [2.45, 2.75) is 27.7 Å². The second-order valence-corrected chi connectivity index (χ2v) is 3.79. The van der Waals surface area contributed by atoms with E-state index < -0.39 is 10.8 Å². The maximum absolute atomic E-state index is 9.56. The van der Waals surface area contributed by atoms with Gasteiger partial charge in [-0.3, -0.25) is 4.21 Å². The fourth-order valence-electron chi connectivity index (χ4n) is 0.408. The Kier molecular flexibility index (Phi) is 32.4. The van der Waals surface area contributed by atoms with Gasteiger partial charge in [-0.05, 0) is 27.7 Å². The van der Waals surface area contributed by atoms with Gasteiger partial charge in [-0.2, -0.15) is 0 Å². The average Bonchev–Trinajstić information content (AvgIpc) is 2.07. The first-order valence-corrected chi connectivity index (χ1v) is 6.93. The molecule has 0 atom stereocenters. The van der Waals surface area contributed by atoms with Gasteiger partial charge in [-0.25, -0.2) is 0 Å². The van der Waals surface area contributed by atoms with Crippen molar-refractivity contribution < 1.29 is 13.7 Å². The molecular weight excluding hydrogens is 200 g/mol. The van der Waals surface area contributed by atoms with Crippen LogP contribution in [0.5, 0.6) is 0 Å². The van der Waals surface area contributed by atoms with Crippen LogP contribution in [0.2, 0.25) is 0 Å². The fourth-order valence-corrected chi connectivity index (χ4v) is 0.408. The van der Waals surface area contributed by atoms with Gasteiger partial charge in [0.2, 0.25) is 0 Å². The van der Waals surface area contributed by atoms with E-state index in [2.05, 4.69) is 0 Å². The standard InChI is InChI=1S/2C4H10O.C2H6OS/c2*1-3-5-4-2;1-4(2)3/h2*3-4H2,1-2H3;1-2H3. The van der Waals surface area contributed by atoms with Crippen molar-refractivity contribution >= 4 is 10.8 Å². The first-order chi connectivity index (χ1) is 6.56. The molecule has 0 aliphatic heterocycles. The lowest BCUT2D eigenvalue weighted by molar-refractivity contribution is 0.162. The maximum Gasteiger partial charge on any atom is 0.0437 e. The van der Waals surface area contributed by atoms with E-state index in [9.17, 15) is 4.21 Å². The van der Waals surface area contributed by atoms with Crippen molar-refractivity contribution in [3.63, 3.8) is 0 Å². The molecule has 0 saturated heterocycles. The van der Waals surface area contributed by atoms with Gasteiger partial charge >= 0.3 is 0 Å². The van der Waals surface area contributed by atoms with E-state index in [1.54, 1.807) is 12.5 Å². The monoisotopic (exact) mass is 226 g/mol. The van der Waals surface area contributed by atoms with Crippen LogP contribution >= 0.6 is 0 Å². The van der Waals surface area contributed by atoms with Crippen LogP contribution in [0.15, 0.2) is 0 Å². The Bertz CT molecular complexity index is 83.4. The van der Waals surface area contributed by atoms with Crippen molar-refractivity contribution in [1.29, 1.82) is 0 Å². The Labute approximate surface area is 91.6 Å². The van der Waals surface area contributed by atoms with E-state index in [4.69, 9.17) is 9.47 Å². The van der Waals surface area contributed by atoms with Crippen LogP contribution in [0.1, 0.15) is 27.7 Å². The first-order valence-electron chi connectivity index (χ1n) is 4.97. The molecule has 0 heterocycles. The molecule has 90 valence electrons. The molecule has 0 fully saturated rings. The summed E-state index contributed by atoms with van der Waals surface area (Å²) < 4.78 is 19.2. The van der Waals surface area contributed by atoms with E-state index in [0.29, 0.717) is 0 Å². The molecule has 0 aromatic rings. The average molecular weight is 226 g/mol. The van der Waals surface area contributed by atoms with Crippen LogP contribution in [0.4, 0.5) is 0 Å². The van der Waals surface area contributed by atoms with E-state index in [0.717, 1.165) is 26.4 Å². The first kappa shape index (κ1) is 19.6. The van der Waals surface area contributed by atoms with Gasteiger partial charge in [0.1, 0.15) is 0 Å². The zero-order valence-corrected chi connectivity index (χ0v) is 11.3. The molecule has 0 amide bonds. The molecule has 14 heavy (non-hydrogen) atoms. The molecule has 0 aliphatic carbocycles. The predicted octanol–water partition coefficient (Wildman–Crippen LogP) is 2.08. The van der Waals surface area contributed by atoms with Crippen molar-refractivity contribution in [3.8, 4) is 0 Å². The summed E-state index contributed by atoms with van der Waals surface area (Å²) in [6.45, 7) is 11.3. The minimum Gasteiger partial charge on any atom is -0.382 e. The SMILES string of the molecule is CCOCC.CCOCC.CS(C)=O. The lowest BCUT2D eigenvalue weighted by Gasteiger charge is -1.86. The van der Waals surface area contributed by atoms with E-state index in [-0.39, 0.29) is 0 Å². The molecule has 0 aliphatic rings. The van der Waals surface area contributed by atoms with Crippen LogP contribution in [0.3, 0.4) is 0 Å². The van der Waals surface area contributed by atoms with Gasteiger partial charge in [0.05, 0.1) is 0 Å². The second-order valence-electron chi connectivity index (χ2n) is 2.30. The molecule has 0 aromatic heterocycles. The number of rotatable bonds is 4. The quantitative estimate of drug-likeness (QED) is 0.736. The van der Waals surface area contributed by atoms with Crippen molar-refractivity contribution in [3.05, 3.63) is 0 Å². The molecule has 0 rings (SSSR count). The summed E-state index contributed by atoms with van der Waals surface area (Å²) in [5.41, 5.74) is 0. The van der Waals surface area contributed by atoms with Crippen molar-refractivity contribution in [2.75, 3.05) is 38.9 Å². The van der Waals surface area contributed by atoms with Gasteiger partial charge in [0, 0.05) is 49.7 Å². The third kappa shape index (κ3) is 89.3. The van der Waals surface area contributed by atoms with E-state index in [1.807, 2.05) is 27.7 Å². The van der Waals surface area contributed by atoms with Crippen molar-refractivity contribution in [1.82, 2.24) is 0 Å². The molecule has 0 bridgehead atoms. The number of hydrogen-bond acceptors (Lipinski definition) is 3. The Balaban J connectivity index is -0.000000131. The minimum absolute atomic E-state index is 0.611. The number of hydrogen-bond donors (Lipinski definition) is 0. The van der Waals surface area contributed by atoms with Crippen LogP contribution in [0.25, 0.3) is 0 Å². The third-order valence-corrected chi connectivity index (χ3v) is 0.816. The zero-order valence-electron chi connectivity index (χ0n) is 10.5. The predicted molar refractivity (Wildman–Crippen MR) is 64.3 cm³/mol. The highest BCUT2D eigenvalue weighted by Crippen LogP contribution is 1.64. The lowest BCUT2D eigenvalue weighted by atomic mass is 10.8. The van der Waals surface area contributed by atoms with Crippen LogP contribution in [-0.2, 0) is 20.3 Å². The largest absolute Gasteiger partial charge is 0.382 e. The van der Waals surface area contributed by atoms with Crippen molar-refractivity contribution in [2.24, 2.45) is 0 Å². The van der Waals surface area contributed by atoms with Gasteiger partial charge in [0.15, 0.2) is 0 Å². The minimum atomic E-state index is -0.611. The van der Waals surface area contributed by atoms with Gasteiger partial charge in [0.25, 0.3) is 0 Å². The normalized spacial score (nSPS) is 8.50. The van der Waals surface area contributed by atoms with Crippen LogP contribution in [-0.4, -0.2) is 43.1 Å². The molecule has 0 N–H and O–H groups in total. The summed E-state index contributed by atoms with van der Waals surface area (Å²) in [6, 6.07) is 0. The third-order valence-electron chi connectivity index (χ3n) is 0.816. The van der Waals surface area contributed by atoms with Gasteiger partial charge < -0.3 is 9.47 Å². The summed E-state index contributed by atoms with van der Waals surface area (Å²) in [5.74, 6) is 0. The summed E-state index contributed by atoms with van der Waals surface area (Å²) in [5, 5.41) is 0. The molecule has 3 nitrogen and oxygen atoms in total. The topological polar surface area (TPSA) is 35.5 Å². The highest BCUT2D eigenvalue weighted by Gasteiger charge is 1.64. The van der Waals surface area contributed by atoms with Gasteiger partial charge in [-0.1, -0.05) is 0 Å². The Morgan fingerprint density at radius 2 is 0.929 bits per heavy atom. The summed E-state index contributed by atoms with van der Waals surface area (Å²) in [4.78, 5) is 0. The summed E-state index contributed by atoms with van der Waals surface area (Å²) in [6.07, 6.45) is 3.28. The molecule has 4 heteroatoms. The van der Waals surface area contributed by atoms with E-state index in [1.165, 1.54) is 0 Å². The highest BCUT2D eigenvalue weighted by molar-refractivity contribution is 7.83. The van der Waals surface area contributed by atoms with Crippen LogP contribution in [0, 0.1) is 0 Å². The molecule has 0 radical (unpaired) electrons. The fraction of sp³-hybridized carbons (Fsp3) is 1.00. The number of ether oxygens (including phenoxy) is 2. The smallest absolute Gasteiger partial charge is 0.0437 e. The van der Waals surface area contributed by atoms with Gasteiger partial charge in [-0.15, -0.1) is 0 Å². The highest BCUT2D eigenvalue weighted by atomic mass is 32.2. The molecule has 0 spiro atoms. The lowest BCUT2D eigenvalue weighted by Crippen LogP contribution is -1.84. The Morgan fingerprint density at radius 3 is 0.929 bits per heavy atom. The molecule has 0 unspecified atom stereocenters. The molecule has 0 aromatic carbocycles. The van der Waals surface area contributed by atoms with Crippen LogP contribution < -0.4 is 0 Å². The Morgan fingerprint density at radius 1 is 0.786 bits per heavy atom. The molecular formula is C10H26O3S. The summed E-state index contributed by atoms with van der Waals surface area (Å²) >= 11 is 0. The Hall–Kier alpha value is 0.0700. The zero-order chi connectivity index (χ0) is 11.8.